The molecule has 0 spiro atoms. The van der Waals surface area contributed by atoms with Crippen molar-refractivity contribution in [1.29, 1.82) is 0 Å². The fourth-order valence-electron chi connectivity index (χ4n) is 1.82. The Morgan fingerprint density at radius 3 is 2.72 bits per heavy atom. The molecule has 1 heterocycles. The quantitative estimate of drug-likeness (QED) is 0.907. The molecule has 2 N–H and O–H groups in total. The van der Waals surface area contributed by atoms with Crippen LogP contribution in [0.1, 0.15) is 19.4 Å². The van der Waals surface area contributed by atoms with Crippen molar-refractivity contribution in [3.05, 3.63) is 33.8 Å². The Morgan fingerprint density at radius 2 is 2.06 bits per heavy atom. The summed E-state index contributed by atoms with van der Waals surface area (Å²) in [4.78, 5) is 0. The molecule has 2 rings (SSSR count). The van der Waals surface area contributed by atoms with Crippen LogP contribution in [0, 0.1) is 5.92 Å². The molecular formula is C13H14Cl2N2O. The maximum Gasteiger partial charge on any atom is 0.225 e. The van der Waals surface area contributed by atoms with E-state index in [0.717, 1.165) is 17.5 Å². The minimum atomic E-state index is 0.342. The Bertz CT molecular complexity index is 564. The van der Waals surface area contributed by atoms with Gasteiger partial charge in [-0.15, -0.1) is 0 Å². The van der Waals surface area contributed by atoms with Gasteiger partial charge in [-0.25, -0.2) is 0 Å². The van der Waals surface area contributed by atoms with Gasteiger partial charge in [-0.2, -0.15) is 0 Å². The Hall–Kier alpha value is -1.19. The van der Waals surface area contributed by atoms with E-state index >= 15 is 0 Å². The topological polar surface area (TPSA) is 52.0 Å². The highest BCUT2D eigenvalue weighted by atomic mass is 35.5. The van der Waals surface area contributed by atoms with E-state index in [1.165, 1.54) is 0 Å². The molecule has 0 amide bonds. The van der Waals surface area contributed by atoms with Gasteiger partial charge in [0.15, 0.2) is 0 Å². The van der Waals surface area contributed by atoms with Gasteiger partial charge in [-0.05, 0) is 30.5 Å². The smallest absolute Gasteiger partial charge is 0.225 e. The summed E-state index contributed by atoms with van der Waals surface area (Å²) in [6, 6.07) is 5.24. The lowest BCUT2D eigenvalue weighted by Gasteiger charge is -2.07. The maximum atomic E-state index is 6.17. The summed E-state index contributed by atoms with van der Waals surface area (Å²) in [6.45, 7) is 4.21. The van der Waals surface area contributed by atoms with Gasteiger partial charge in [0.05, 0.1) is 5.02 Å². The van der Waals surface area contributed by atoms with E-state index in [1.54, 1.807) is 18.2 Å². The first-order valence-corrected chi connectivity index (χ1v) is 6.44. The van der Waals surface area contributed by atoms with Crippen molar-refractivity contribution in [3.8, 4) is 11.3 Å². The Labute approximate surface area is 116 Å². The van der Waals surface area contributed by atoms with E-state index in [-0.39, 0.29) is 0 Å². The lowest BCUT2D eigenvalue weighted by atomic mass is 9.99. The molecule has 0 fully saturated rings. The number of anilines is 1. The highest BCUT2D eigenvalue weighted by Crippen LogP contribution is 2.35. The van der Waals surface area contributed by atoms with E-state index in [9.17, 15) is 0 Å². The average Bonchev–Trinajstić information content (AvgIpc) is 2.64. The number of nitrogens with zero attached hydrogens (tertiary/aromatic N) is 1. The van der Waals surface area contributed by atoms with Crippen molar-refractivity contribution in [2.24, 2.45) is 5.92 Å². The van der Waals surface area contributed by atoms with E-state index in [0.29, 0.717) is 27.5 Å². The van der Waals surface area contributed by atoms with Crippen molar-refractivity contribution >= 4 is 29.1 Å². The SMILES string of the molecule is CC(C)Cc1c(-c2cc(Cl)ccc2Cl)noc1N. The number of nitrogen functional groups attached to an aromatic ring is 1. The highest BCUT2D eigenvalue weighted by Gasteiger charge is 2.18. The zero-order valence-corrected chi connectivity index (χ0v) is 11.7. The van der Waals surface area contributed by atoms with E-state index in [1.807, 2.05) is 0 Å². The summed E-state index contributed by atoms with van der Waals surface area (Å²) in [7, 11) is 0. The van der Waals surface area contributed by atoms with Crippen LogP contribution in [0.15, 0.2) is 22.7 Å². The van der Waals surface area contributed by atoms with Gasteiger partial charge < -0.3 is 10.3 Å². The van der Waals surface area contributed by atoms with Crippen molar-refractivity contribution in [2.75, 3.05) is 5.73 Å². The normalized spacial score (nSPS) is 11.2. The van der Waals surface area contributed by atoms with Gasteiger partial charge in [0.1, 0.15) is 5.69 Å². The van der Waals surface area contributed by atoms with Crippen molar-refractivity contribution in [2.45, 2.75) is 20.3 Å². The van der Waals surface area contributed by atoms with Crippen molar-refractivity contribution in [3.63, 3.8) is 0 Å². The molecule has 96 valence electrons. The number of rotatable bonds is 3. The molecule has 0 aliphatic heterocycles. The van der Waals surface area contributed by atoms with Gasteiger partial charge in [-0.1, -0.05) is 42.2 Å². The first-order chi connectivity index (χ1) is 8.49. The van der Waals surface area contributed by atoms with Crippen LogP contribution in [0.5, 0.6) is 0 Å². The van der Waals surface area contributed by atoms with E-state index < -0.39 is 0 Å². The molecule has 0 saturated heterocycles. The van der Waals surface area contributed by atoms with Crippen molar-refractivity contribution in [1.82, 2.24) is 5.16 Å². The first-order valence-electron chi connectivity index (χ1n) is 5.68. The third kappa shape index (κ3) is 2.62. The summed E-state index contributed by atoms with van der Waals surface area (Å²) >= 11 is 12.2. The predicted molar refractivity (Wildman–Crippen MR) is 74.9 cm³/mol. The minimum Gasteiger partial charge on any atom is -0.367 e. The second-order valence-corrected chi connectivity index (χ2v) is 5.44. The first kappa shape index (κ1) is 13.2. The number of hydrogen-bond acceptors (Lipinski definition) is 3. The lowest BCUT2D eigenvalue weighted by Crippen LogP contribution is -1.98. The molecule has 0 bridgehead atoms. The molecule has 3 nitrogen and oxygen atoms in total. The fraction of sp³-hybridized carbons (Fsp3) is 0.308. The zero-order chi connectivity index (χ0) is 13.3. The Morgan fingerprint density at radius 1 is 1.33 bits per heavy atom. The molecule has 0 aliphatic rings. The molecule has 0 atom stereocenters. The maximum absolute atomic E-state index is 6.17. The van der Waals surface area contributed by atoms with Crippen LogP contribution in [0.3, 0.4) is 0 Å². The van der Waals surface area contributed by atoms with Crippen LogP contribution in [-0.2, 0) is 6.42 Å². The number of nitrogens with two attached hydrogens (primary N) is 1. The molecule has 2 aromatic rings. The zero-order valence-electron chi connectivity index (χ0n) is 10.2. The second kappa shape index (κ2) is 5.21. The Kier molecular flexibility index (Phi) is 3.83. The van der Waals surface area contributed by atoms with Gasteiger partial charge in [-0.3, -0.25) is 0 Å². The molecule has 18 heavy (non-hydrogen) atoms. The molecule has 0 saturated carbocycles. The third-order valence-corrected chi connectivity index (χ3v) is 3.18. The summed E-state index contributed by atoms with van der Waals surface area (Å²) < 4.78 is 5.07. The van der Waals surface area contributed by atoms with Crippen LogP contribution < -0.4 is 5.73 Å². The Balaban J connectivity index is 2.53. The van der Waals surface area contributed by atoms with E-state index in [4.69, 9.17) is 33.5 Å². The summed E-state index contributed by atoms with van der Waals surface area (Å²) in [5.74, 6) is 0.790. The summed E-state index contributed by atoms with van der Waals surface area (Å²) in [6.07, 6.45) is 0.785. The van der Waals surface area contributed by atoms with E-state index in [2.05, 4.69) is 19.0 Å². The number of aromatic nitrogens is 1. The van der Waals surface area contributed by atoms with Gasteiger partial charge in [0.2, 0.25) is 5.88 Å². The average molecular weight is 285 g/mol. The monoisotopic (exact) mass is 284 g/mol. The van der Waals surface area contributed by atoms with Gasteiger partial charge in [0, 0.05) is 16.1 Å². The van der Waals surface area contributed by atoms with Crippen LogP contribution in [0.2, 0.25) is 10.0 Å². The largest absolute Gasteiger partial charge is 0.367 e. The molecule has 5 heteroatoms. The molecule has 0 radical (unpaired) electrons. The predicted octanol–water partition coefficient (Wildman–Crippen LogP) is 4.43. The summed E-state index contributed by atoms with van der Waals surface area (Å²) in [5.41, 5.74) is 8.12. The highest BCUT2D eigenvalue weighted by molar-refractivity contribution is 6.35. The standard InChI is InChI=1S/C13H14Cl2N2O/c1-7(2)5-10-12(17-18-13(10)16)9-6-8(14)3-4-11(9)15/h3-4,6-7H,5,16H2,1-2H3. The van der Waals surface area contributed by atoms with Gasteiger partial charge in [0.25, 0.3) is 0 Å². The van der Waals surface area contributed by atoms with Crippen LogP contribution in [0.25, 0.3) is 11.3 Å². The van der Waals surface area contributed by atoms with Crippen LogP contribution >= 0.6 is 23.2 Å². The fourth-order valence-corrected chi connectivity index (χ4v) is 2.20. The van der Waals surface area contributed by atoms with Gasteiger partial charge >= 0.3 is 0 Å². The molecule has 1 aromatic carbocycles. The number of halogens is 2. The lowest BCUT2D eigenvalue weighted by molar-refractivity contribution is 0.438. The van der Waals surface area contributed by atoms with Crippen molar-refractivity contribution < 1.29 is 4.52 Å². The molecule has 0 unspecified atom stereocenters. The molecular weight excluding hydrogens is 271 g/mol. The molecule has 1 aromatic heterocycles. The summed E-state index contributed by atoms with van der Waals surface area (Å²) in [5, 5.41) is 5.18. The van der Waals surface area contributed by atoms with Crippen LogP contribution in [-0.4, -0.2) is 5.16 Å². The number of benzene rings is 1. The number of hydrogen-bond donors (Lipinski definition) is 1. The van der Waals surface area contributed by atoms with Crippen LogP contribution in [0.4, 0.5) is 5.88 Å². The second-order valence-electron chi connectivity index (χ2n) is 4.60. The molecule has 0 aliphatic carbocycles. The minimum absolute atomic E-state index is 0.342. The third-order valence-electron chi connectivity index (χ3n) is 2.61.